The molecule has 47 heavy (non-hydrogen) atoms. The van der Waals surface area contributed by atoms with Gasteiger partial charge in [0.15, 0.2) is 0 Å². The number of amides is 2. The zero-order valence-corrected chi connectivity index (χ0v) is 28.2. The molecule has 2 aromatic carbocycles. The van der Waals surface area contributed by atoms with E-state index in [0.29, 0.717) is 51.5 Å². The van der Waals surface area contributed by atoms with Gasteiger partial charge in [-0.2, -0.15) is 13.2 Å². The van der Waals surface area contributed by atoms with Gasteiger partial charge in [0.05, 0.1) is 62.7 Å². The topological polar surface area (TPSA) is 101 Å². The Morgan fingerprint density at radius 1 is 1.09 bits per heavy atom. The monoisotopic (exact) mass is 694 g/mol. The van der Waals surface area contributed by atoms with Gasteiger partial charge in [-0.15, -0.1) is 0 Å². The fraction of sp³-hybridized carbons (Fsp3) is 0.545. The van der Waals surface area contributed by atoms with Crippen LogP contribution in [0.25, 0.3) is 11.0 Å². The Bertz CT molecular complexity index is 1700. The Morgan fingerprint density at radius 2 is 1.81 bits per heavy atom. The number of alkyl halides is 3. The van der Waals surface area contributed by atoms with Crippen molar-refractivity contribution in [2.45, 2.75) is 83.8 Å². The second-order valence-electron chi connectivity index (χ2n) is 13.9. The third-order valence-corrected chi connectivity index (χ3v) is 10.3. The number of morpholine rings is 1. The molecule has 2 amide bonds. The maximum absolute atomic E-state index is 13.8. The Balaban J connectivity index is 1.29. The predicted molar refractivity (Wildman–Crippen MR) is 177 cm³/mol. The first-order valence-electron chi connectivity index (χ1n) is 15.9. The minimum atomic E-state index is -4.22. The van der Waals surface area contributed by atoms with Crippen molar-refractivity contribution in [2.24, 2.45) is 18.4 Å². The van der Waals surface area contributed by atoms with Crippen LogP contribution < -0.4 is 20.9 Å². The van der Waals surface area contributed by atoms with E-state index < -0.39 is 17.5 Å². The van der Waals surface area contributed by atoms with Gasteiger partial charge < -0.3 is 30.2 Å². The number of carbonyl (C=O) groups excluding carboxylic acids is 2. The van der Waals surface area contributed by atoms with Gasteiger partial charge in [0.1, 0.15) is 0 Å². The highest BCUT2D eigenvalue weighted by atomic mass is 35.5. The molecular weight excluding hydrogens is 656 g/mol. The van der Waals surface area contributed by atoms with Gasteiger partial charge in [-0.05, 0) is 55.9 Å². The molecule has 254 valence electrons. The number of nitrogens with zero attached hydrogens (tertiary/aromatic N) is 3. The molecule has 14 heteroatoms. The van der Waals surface area contributed by atoms with Crippen molar-refractivity contribution in [3.05, 3.63) is 45.4 Å². The number of rotatable bonds is 7. The molecule has 6 rings (SSSR count). The van der Waals surface area contributed by atoms with E-state index in [2.05, 4.69) is 20.9 Å². The van der Waals surface area contributed by atoms with Crippen molar-refractivity contribution in [1.82, 2.24) is 20.2 Å². The van der Waals surface area contributed by atoms with Crippen molar-refractivity contribution < 1.29 is 27.5 Å². The maximum Gasteiger partial charge on any atom is 0.391 e. The van der Waals surface area contributed by atoms with E-state index in [-0.39, 0.29) is 62.2 Å². The number of aromatic nitrogens is 2. The van der Waals surface area contributed by atoms with Gasteiger partial charge >= 0.3 is 6.18 Å². The van der Waals surface area contributed by atoms with Crippen LogP contribution in [0.15, 0.2) is 24.3 Å². The highest BCUT2D eigenvalue weighted by molar-refractivity contribution is 6.39. The van der Waals surface area contributed by atoms with Crippen LogP contribution in [0.5, 0.6) is 0 Å². The molecule has 1 aliphatic carbocycles. The molecule has 3 fully saturated rings. The number of carbonyl (C=O) groups is 2. The summed E-state index contributed by atoms with van der Waals surface area (Å²) >= 11 is 13.4. The minimum absolute atomic E-state index is 0.00188. The fourth-order valence-corrected chi connectivity index (χ4v) is 7.21. The fourth-order valence-electron chi connectivity index (χ4n) is 6.68. The number of aryl methyl sites for hydroxylation is 1. The van der Waals surface area contributed by atoms with Gasteiger partial charge in [-0.3, -0.25) is 9.59 Å². The Morgan fingerprint density at radius 3 is 2.43 bits per heavy atom. The number of hydrogen-bond acceptors (Lipinski definition) is 6. The van der Waals surface area contributed by atoms with Gasteiger partial charge in [0.2, 0.25) is 11.9 Å². The number of hydrogen-bond donors (Lipinski definition) is 3. The summed E-state index contributed by atoms with van der Waals surface area (Å²) in [4.78, 5) is 33.2. The van der Waals surface area contributed by atoms with Gasteiger partial charge in [0, 0.05) is 31.6 Å². The summed E-state index contributed by atoms with van der Waals surface area (Å²) in [5.74, 6) is -1.35. The number of ether oxygens (including phenoxy) is 1. The number of fused-ring (bicyclic) bond motifs is 3. The average molecular weight is 696 g/mol. The second kappa shape index (κ2) is 12.7. The van der Waals surface area contributed by atoms with Gasteiger partial charge in [-0.1, -0.05) is 50.0 Å². The van der Waals surface area contributed by atoms with E-state index >= 15 is 0 Å². The number of nitrogens with one attached hydrogen (secondary N) is 3. The summed E-state index contributed by atoms with van der Waals surface area (Å²) in [5.41, 5.74) is 3.00. The molecule has 0 radical (unpaired) electrons. The number of halogens is 5. The minimum Gasteiger partial charge on any atom is -0.374 e. The summed E-state index contributed by atoms with van der Waals surface area (Å²) in [5, 5.41) is 9.87. The van der Waals surface area contributed by atoms with Crippen LogP contribution in [0.1, 0.15) is 68.8 Å². The Kier molecular flexibility index (Phi) is 9.08. The van der Waals surface area contributed by atoms with Crippen LogP contribution in [0.3, 0.4) is 0 Å². The van der Waals surface area contributed by atoms with E-state index in [9.17, 15) is 22.8 Å². The lowest BCUT2D eigenvalue weighted by Crippen LogP contribution is -2.42. The molecule has 3 aromatic rings. The number of benzene rings is 2. The Hall–Kier alpha value is -3.22. The smallest absolute Gasteiger partial charge is 0.374 e. The van der Waals surface area contributed by atoms with Crippen LogP contribution in [0, 0.1) is 11.3 Å². The highest BCUT2D eigenvalue weighted by Gasteiger charge is 2.43. The highest BCUT2D eigenvalue weighted by Crippen LogP contribution is 2.40. The predicted octanol–water partition coefficient (Wildman–Crippen LogP) is 7.11. The Labute approximate surface area is 281 Å². The molecule has 9 nitrogen and oxygen atoms in total. The number of anilines is 3. The lowest BCUT2D eigenvalue weighted by molar-refractivity contribution is -0.182. The lowest BCUT2D eigenvalue weighted by Gasteiger charge is -2.32. The summed E-state index contributed by atoms with van der Waals surface area (Å²) in [6.07, 6.45) is -2.73. The molecule has 1 saturated carbocycles. The molecule has 2 bridgehead atoms. The van der Waals surface area contributed by atoms with Crippen LogP contribution in [0.4, 0.5) is 30.5 Å². The average Bonchev–Trinajstić information content (AvgIpc) is 3.72. The van der Waals surface area contributed by atoms with E-state index in [0.717, 1.165) is 17.6 Å². The molecule has 2 aliphatic heterocycles. The van der Waals surface area contributed by atoms with E-state index in [4.69, 9.17) is 32.9 Å². The standard InChI is InChI=1S/C33H39Cl2F3N6O3/c1-32(2,3)30(46)39-14-17-5-10-23(34)28(27(17)35)42-31-41-24-12-22(29(45)40-19-8-6-18(7-9-19)33(36,37)38)25(13-26(24)43(31)4)44-15-21-11-20(44)16-47-21/h5,10,12-13,18-21H,6-9,11,14-16H2,1-4H3,(H,39,46)(H,40,45)(H,41,42)/t18?,19?,20-,21-/m0/s1. The molecule has 2 atom stereocenters. The van der Waals surface area contributed by atoms with E-state index in [1.165, 1.54) is 0 Å². The first-order valence-corrected chi connectivity index (χ1v) is 16.6. The quantitative estimate of drug-likeness (QED) is 0.244. The molecule has 0 unspecified atom stereocenters. The second-order valence-corrected chi connectivity index (χ2v) is 14.7. The normalized spacial score (nSPS) is 23.0. The third kappa shape index (κ3) is 6.87. The molecule has 1 aromatic heterocycles. The lowest BCUT2D eigenvalue weighted by atomic mass is 9.85. The van der Waals surface area contributed by atoms with Gasteiger partial charge in [-0.25, -0.2) is 4.98 Å². The largest absolute Gasteiger partial charge is 0.391 e. The van der Waals surface area contributed by atoms with Gasteiger partial charge in [0.25, 0.3) is 5.91 Å². The molecule has 3 aliphatic rings. The SMILES string of the molecule is Cn1c(Nc2c(Cl)ccc(CNC(=O)C(C)(C)C)c2Cl)nc2cc(C(=O)NC3CCC(C(F)(F)F)CC3)c(N3C[C@@H]4C[C@H]3CO4)cc21. The first-order chi connectivity index (χ1) is 22.1. The number of imidazole rings is 1. The van der Waals surface area contributed by atoms with E-state index in [1.54, 1.807) is 18.2 Å². The molecule has 0 spiro atoms. The van der Waals surface area contributed by atoms with Crippen LogP contribution in [-0.4, -0.2) is 58.9 Å². The zero-order valence-electron chi connectivity index (χ0n) is 26.7. The summed E-state index contributed by atoms with van der Waals surface area (Å²) in [6, 6.07) is 6.91. The van der Waals surface area contributed by atoms with E-state index in [1.807, 2.05) is 38.5 Å². The molecule has 2 saturated heterocycles. The van der Waals surface area contributed by atoms with Crippen molar-refractivity contribution >= 4 is 63.4 Å². The zero-order chi connectivity index (χ0) is 33.8. The summed E-state index contributed by atoms with van der Waals surface area (Å²) in [7, 11) is 1.84. The van der Waals surface area contributed by atoms with Crippen LogP contribution in [-0.2, 0) is 23.1 Å². The van der Waals surface area contributed by atoms with Crippen molar-refractivity contribution in [3.63, 3.8) is 0 Å². The van der Waals surface area contributed by atoms with Crippen molar-refractivity contribution in [3.8, 4) is 0 Å². The molecular formula is C33H39Cl2F3N6O3. The molecule has 3 N–H and O–H groups in total. The summed E-state index contributed by atoms with van der Waals surface area (Å²) < 4.78 is 47.4. The molecule has 3 heterocycles. The van der Waals surface area contributed by atoms with Crippen LogP contribution in [0.2, 0.25) is 10.0 Å². The maximum atomic E-state index is 13.8. The third-order valence-electron chi connectivity index (χ3n) is 9.51. The van der Waals surface area contributed by atoms with Crippen molar-refractivity contribution in [2.75, 3.05) is 23.4 Å². The van der Waals surface area contributed by atoms with Crippen molar-refractivity contribution in [1.29, 1.82) is 0 Å². The first kappa shape index (κ1) is 33.7. The summed E-state index contributed by atoms with van der Waals surface area (Å²) in [6.45, 7) is 6.90. The van der Waals surface area contributed by atoms with Crippen LogP contribution >= 0.6 is 23.2 Å².